The lowest BCUT2D eigenvalue weighted by atomic mass is 9.85. The van der Waals surface area contributed by atoms with Crippen LogP contribution < -0.4 is 10.6 Å². The first-order valence-electron chi connectivity index (χ1n) is 8.28. The minimum atomic E-state index is -0.367. The quantitative estimate of drug-likeness (QED) is 0.881. The van der Waals surface area contributed by atoms with Crippen LogP contribution in [0.15, 0.2) is 48.5 Å². The fourth-order valence-electron chi connectivity index (χ4n) is 4.04. The minimum Gasteiger partial charge on any atom is -0.351 e. The second-order valence-electron chi connectivity index (χ2n) is 6.52. The Labute approximate surface area is 138 Å². The number of aryl methyl sites for hydroxylation is 2. The van der Waals surface area contributed by atoms with Gasteiger partial charge in [-0.2, -0.15) is 0 Å². The summed E-state index contributed by atoms with van der Waals surface area (Å²) in [5.41, 5.74) is 9.89. The summed E-state index contributed by atoms with van der Waals surface area (Å²) in [6, 6.07) is 16.1. The minimum absolute atomic E-state index is 0.329. The Bertz CT molecular complexity index is 683. The van der Waals surface area contributed by atoms with E-state index in [2.05, 4.69) is 12.1 Å². The van der Waals surface area contributed by atoms with E-state index in [1.807, 2.05) is 55.1 Å². The average molecular weight is 308 g/mol. The Morgan fingerprint density at radius 3 is 2.04 bits per heavy atom. The van der Waals surface area contributed by atoms with Crippen LogP contribution in [0.5, 0.6) is 0 Å². The topological polar surface area (TPSA) is 46.3 Å². The summed E-state index contributed by atoms with van der Waals surface area (Å²) in [4.78, 5) is 14.4. The number of hydrogen-bond donors (Lipinski definition) is 1. The lowest BCUT2D eigenvalue weighted by Gasteiger charge is -2.42. The normalized spacial score (nSPS) is 16.3. The molecule has 2 N–H and O–H groups in total. The Morgan fingerprint density at radius 2 is 1.52 bits per heavy atom. The third-order valence-corrected chi connectivity index (χ3v) is 5.05. The summed E-state index contributed by atoms with van der Waals surface area (Å²) in [6.07, 6.45) is 4.13. The molecule has 0 radical (unpaired) electrons. The van der Waals surface area contributed by atoms with Crippen molar-refractivity contribution < 1.29 is 4.79 Å². The van der Waals surface area contributed by atoms with E-state index in [0.29, 0.717) is 0 Å². The highest BCUT2D eigenvalue weighted by Crippen LogP contribution is 2.47. The van der Waals surface area contributed by atoms with E-state index in [1.165, 1.54) is 5.56 Å². The van der Waals surface area contributed by atoms with Crippen LogP contribution in [0.4, 0.5) is 10.5 Å². The summed E-state index contributed by atoms with van der Waals surface area (Å²) in [7, 11) is 0. The molecule has 120 valence electrons. The standard InChI is InChI=1S/C20H24N2O/c1-15-9-8-10-16(2)18(15)22(19(21)23)20(13-6-7-14-20)17-11-4-3-5-12-17/h3-5,8-12H,6-7,13-14H2,1-2H3,(H2,21,23). The van der Waals surface area contributed by atoms with Crippen molar-refractivity contribution in [1.29, 1.82) is 0 Å². The van der Waals surface area contributed by atoms with Crippen molar-refractivity contribution in [1.82, 2.24) is 0 Å². The fraction of sp³-hybridized carbons (Fsp3) is 0.350. The lowest BCUT2D eigenvalue weighted by molar-refractivity contribution is 0.244. The molecule has 0 aromatic heterocycles. The van der Waals surface area contributed by atoms with Crippen LogP contribution in [0.25, 0.3) is 0 Å². The molecule has 1 aliphatic rings. The van der Waals surface area contributed by atoms with Gasteiger partial charge in [0.25, 0.3) is 0 Å². The maximum atomic E-state index is 12.5. The number of anilines is 1. The zero-order valence-electron chi connectivity index (χ0n) is 13.9. The van der Waals surface area contributed by atoms with Gasteiger partial charge in [0, 0.05) is 0 Å². The van der Waals surface area contributed by atoms with Gasteiger partial charge in [0.05, 0.1) is 11.2 Å². The molecule has 0 unspecified atom stereocenters. The van der Waals surface area contributed by atoms with Crippen LogP contribution in [-0.2, 0) is 5.54 Å². The molecule has 1 fully saturated rings. The highest BCUT2D eigenvalue weighted by atomic mass is 16.2. The molecule has 0 aliphatic heterocycles. The van der Waals surface area contributed by atoms with E-state index in [-0.39, 0.29) is 11.6 Å². The van der Waals surface area contributed by atoms with E-state index in [4.69, 9.17) is 5.73 Å². The molecule has 3 nitrogen and oxygen atoms in total. The molecule has 3 heteroatoms. The Balaban J connectivity index is 2.22. The van der Waals surface area contributed by atoms with Crippen LogP contribution in [0, 0.1) is 13.8 Å². The van der Waals surface area contributed by atoms with E-state index < -0.39 is 0 Å². The molecule has 0 atom stereocenters. The number of nitrogens with two attached hydrogens (primary N) is 1. The predicted octanol–water partition coefficient (Wildman–Crippen LogP) is 4.66. The van der Waals surface area contributed by atoms with Crippen LogP contribution in [0.2, 0.25) is 0 Å². The smallest absolute Gasteiger partial charge is 0.320 e. The van der Waals surface area contributed by atoms with E-state index >= 15 is 0 Å². The predicted molar refractivity (Wildman–Crippen MR) is 94.6 cm³/mol. The number of urea groups is 1. The third-order valence-electron chi connectivity index (χ3n) is 5.05. The molecule has 0 heterocycles. The number of benzene rings is 2. The molecule has 0 spiro atoms. The Morgan fingerprint density at radius 1 is 0.957 bits per heavy atom. The van der Waals surface area contributed by atoms with Gasteiger partial charge in [0.15, 0.2) is 0 Å². The average Bonchev–Trinajstić information content (AvgIpc) is 3.02. The van der Waals surface area contributed by atoms with Crippen molar-refractivity contribution in [2.24, 2.45) is 5.73 Å². The van der Waals surface area contributed by atoms with Crippen LogP contribution in [0.1, 0.15) is 42.4 Å². The molecular weight excluding hydrogens is 284 g/mol. The molecule has 23 heavy (non-hydrogen) atoms. The van der Waals surface area contributed by atoms with Gasteiger partial charge in [-0.1, -0.05) is 61.4 Å². The van der Waals surface area contributed by atoms with Gasteiger partial charge in [-0.15, -0.1) is 0 Å². The molecule has 0 bridgehead atoms. The third kappa shape index (κ3) is 2.61. The number of para-hydroxylation sites is 1. The summed E-state index contributed by atoms with van der Waals surface area (Å²) in [5, 5.41) is 0. The van der Waals surface area contributed by atoms with Crippen molar-refractivity contribution in [3.05, 3.63) is 65.2 Å². The van der Waals surface area contributed by atoms with Gasteiger partial charge < -0.3 is 5.73 Å². The lowest BCUT2D eigenvalue weighted by Crippen LogP contribution is -2.51. The zero-order chi connectivity index (χ0) is 16.4. The van der Waals surface area contributed by atoms with E-state index in [9.17, 15) is 4.79 Å². The van der Waals surface area contributed by atoms with E-state index in [1.54, 1.807) is 0 Å². The number of carbonyl (C=O) groups excluding carboxylic acids is 1. The Kier molecular flexibility index (Phi) is 4.12. The highest BCUT2D eigenvalue weighted by molar-refractivity contribution is 5.94. The fourth-order valence-corrected chi connectivity index (χ4v) is 4.04. The molecular formula is C20H24N2O. The van der Waals surface area contributed by atoms with Crippen molar-refractivity contribution >= 4 is 11.7 Å². The van der Waals surface area contributed by atoms with Gasteiger partial charge in [-0.3, -0.25) is 4.90 Å². The maximum Gasteiger partial charge on any atom is 0.320 e. The second kappa shape index (κ2) is 6.07. The zero-order valence-corrected chi connectivity index (χ0v) is 13.9. The highest BCUT2D eigenvalue weighted by Gasteiger charge is 2.44. The summed E-state index contributed by atoms with van der Waals surface area (Å²) in [6.45, 7) is 4.10. The summed E-state index contributed by atoms with van der Waals surface area (Å²) < 4.78 is 0. The second-order valence-corrected chi connectivity index (χ2v) is 6.52. The monoisotopic (exact) mass is 308 g/mol. The molecule has 2 aromatic rings. The molecule has 1 aliphatic carbocycles. The molecule has 2 aromatic carbocycles. The van der Waals surface area contributed by atoms with Crippen LogP contribution in [0.3, 0.4) is 0 Å². The summed E-state index contributed by atoms with van der Waals surface area (Å²) >= 11 is 0. The number of amides is 2. The Hall–Kier alpha value is -2.29. The first kappa shape index (κ1) is 15.6. The van der Waals surface area contributed by atoms with Gasteiger partial charge in [-0.25, -0.2) is 4.79 Å². The number of primary amides is 1. The molecule has 0 saturated heterocycles. The van der Waals surface area contributed by atoms with Crippen molar-refractivity contribution in [2.45, 2.75) is 45.1 Å². The first-order chi connectivity index (χ1) is 11.1. The number of nitrogens with zero attached hydrogens (tertiary/aromatic N) is 1. The largest absolute Gasteiger partial charge is 0.351 e. The van der Waals surface area contributed by atoms with Crippen LogP contribution >= 0.6 is 0 Å². The van der Waals surface area contributed by atoms with Gasteiger partial charge in [-0.05, 0) is 43.4 Å². The van der Waals surface area contributed by atoms with Crippen molar-refractivity contribution in [3.8, 4) is 0 Å². The van der Waals surface area contributed by atoms with Gasteiger partial charge in [0.1, 0.15) is 0 Å². The molecule has 3 rings (SSSR count). The van der Waals surface area contributed by atoms with Crippen LogP contribution in [-0.4, -0.2) is 6.03 Å². The molecule has 1 saturated carbocycles. The number of rotatable bonds is 3. The van der Waals surface area contributed by atoms with Gasteiger partial charge >= 0.3 is 6.03 Å². The van der Waals surface area contributed by atoms with Crippen molar-refractivity contribution in [2.75, 3.05) is 4.90 Å². The van der Waals surface area contributed by atoms with Gasteiger partial charge in [0.2, 0.25) is 0 Å². The number of hydrogen-bond acceptors (Lipinski definition) is 1. The SMILES string of the molecule is Cc1cccc(C)c1N(C(N)=O)C1(c2ccccc2)CCCC1. The maximum absolute atomic E-state index is 12.5. The number of carbonyl (C=O) groups is 1. The summed E-state index contributed by atoms with van der Waals surface area (Å²) in [5.74, 6) is 0. The van der Waals surface area contributed by atoms with E-state index in [0.717, 1.165) is 42.5 Å². The first-order valence-corrected chi connectivity index (χ1v) is 8.28. The molecule has 2 amide bonds. The van der Waals surface area contributed by atoms with Crippen molar-refractivity contribution in [3.63, 3.8) is 0 Å².